The average Bonchev–Trinajstić information content (AvgIpc) is 2.29. The lowest BCUT2D eigenvalue weighted by molar-refractivity contribution is -0.121. The first-order valence-electron chi connectivity index (χ1n) is 3.70. The third kappa shape index (κ3) is 1.61. The second-order valence-corrected chi connectivity index (χ2v) is 4.28. The van der Waals surface area contributed by atoms with Crippen LogP contribution in [-0.2, 0) is 4.79 Å². The van der Waals surface area contributed by atoms with Gasteiger partial charge in [-0.2, -0.15) is 0 Å². The molecule has 0 aromatic heterocycles. The maximum atomic E-state index is 11.3. The van der Waals surface area contributed by atoms with Crippen LogP contribution in [0.25, 0.3) is 0 Å². The molecule has 1 heterocycles. The minimum Gasteiger partial charge on any atom is -0.396 e. The van der Waals surface area contributed by atoms with E-state index in [0.29, 0.717) is 11.6 Å². The van der Waals surface area contributed by atoms with Gasteiger partial charge in [0.2, 0.25) is 5.91 Å². The molecule has 4 nitrogen and oxygen atoms in total. The monoisotopic (exact) mass is 188 g/mol. The predicted molar refractivity (Wildman–Crippen MR) is 49.2 cm³/mol. The minimum atomic E-state index is -0.538. The van der Waals surface area contributed by atoms with E-state index >= 15 is 0 Å². The number of nitrogens with zero attached hydrogens (tertiary/aromatic N) is 1. The molecule has 1 unspecified atom stereocenters. The Morgan fingerprint density at radius 3 is 2.83 bits per heavy atom. The number of amidine groups is 1. The highest BCUT2D eigenvalue weighted by molar-refractivity contribution is 8.16. The van der Waals surface area contributed by atoms with Crippen LogP contribution < -0.4 is 5.32 Å². The highest BCUT2D eigenvalue weighted by Gasteiger charge is 2.41. The third-order valence-corrected chi connectivity index (χ3v) is 3.13. The number of thioether (sulfide) groups is 1. The van der Waals surface area contributed by atoms with Crippen LogP contribution in [0.2, 0.25) is 0 Å². The van der Waals surface area contributed by atoms with Gasteiger partial charge in [-0.3, -0.25) is 9.79 Å². The second-order valence-electron chi connectivity index (χ2n) is 2.79. The van der Waals surface area contributed by atoms with Gasteiger partial charge in [0.25, 0.3) is 0 Å². The Hall–Kier alpha value is -0.550. The van der Waals surface area contributed by atoms with E-state index in [1.54, 1.807) is 14.0 Å². The molecule has 2 N–H and O–H groups in total. The Morgan fingerprint density at radius 2 is 2.42 bits per heavy atom. The number of rotatable bonds is 2. The normalized spacial score (nSPS) is 32.6. The van der Waals surface area contributed by atoms with E-state index < -0.39 is 4.75 Å². The largest absolute Gasteiger partial charge is 0.396 e. The van der Waals surface area contributed by atoms with Crippen LogP contribution in [0.3, 0.4) is 0 Å². The molecule has 1 aliphatic rings. The summed E-state index contributed by atoms with van der Waals surface area (Å²) in [5, 5.41) is 12.0. The van der Waals surface area contributed by atoms with E-state index in [4.69, 9.17) is 5.11 Å². The fraction of sp³-hybridized carbons (Fsp3) is 0.714. The molecule has 1 saturated heterocycles. The van der Waals surface area contributed by atoms with Crippen molar-refractivity contribution in [2.45, 2.75) is 18.1 Å². The summed E-state index contributed by atoms with van der Waals surface area (Å²) in [6.07, 6.45) is 0.461. The molecule has 0 aromatic carbocycles. The van der Waals surface area contributed by atoms with Gasteiger partial charge in [-0.1, -0.05) is 11.8 Å². The number of carbonyl (C=O) groups is 1. The molecule has 1 fully saturated rings. The van der Waals surface area contributed by atoms with Gasteiger partial charge < -0.3 is 10.4 Å². The maximum absolute atomic E-state index is 11.3. The van der Waals surface area contributed by atoms with Gasteiger partial charge in [0.15, 0.2) is 5.17 Å². The molecule has 0 bridgehead atoms. The van der Waals surface area contributed by atoms with Gasteiger partial charge in [-0.15, -0.1) is 0 Å². The fourth-order valence-electron chi connectivity index (χ4n) is 0.994. The van der Waals surface area contributed by atoms with Crippen LogP contribution in [0.1, 0.15) is 13.3 Å². The van der Waals surface area contributed by atoms with Crippen molar-refractivity contribution in [3.63, 3.8) is 0 Å². The fourth-order valence-corrected chi connectivity index (χ4v) is 1.99. The molecule has 0 aromatic rings. The molecule has 1 rings (SSSR count). The standard InChI is InChI=1S/C7H12N2O2S/c1-7(3-4-10)5(11)9-6(8-2)12-7/h10H,3-4H2,1-2H3,(H,8,9,11). The topological polar surface area (TPSA) is 61.7 Å². The van der Waals surface area contributed by atoms with E-state index in [2.05, 4.69) is 10.3 Å². The lowest BCUT2D eigenvalue weighted by Crippen LogP contribution is -2.34. The van der Waals surface area contributed by atoms with Gasteiger partial charge in [0, 0.05) is 13.7 Å². The molecule has 1 aliphatic heterocycles. The summed E-state index contributed by atoms with van der Waals surface area (Å²) in [4.78, 5) is 15.2. The minimum absolute atomic E-state index is 0.0217. The number of aliphatic hydroxyl groups excluding tert-OH is 1. The number of aliphatic imine (C=N–C) groups is 1. The molecular formula is C7H12N2O2S. The molecule has 68 valence electrons. The van der Waals surface area contributed by atoms with Gasteiger partial charge in [0.05, 0.1) is 0 Å². The Kier molecular flexibility index (Phi) is 2.74. The van der Waals surface area contributed by atoms with Gasteiger partial charge in [-0.25, -0.2) is 0 Å². The van der Waals surface area contributed by atoms with E-state index in [0.717, 1.165) is 0 Å². The first-order valence-corrected chi connectivity index (χ1v) is 4.52. The van der Waals surface area contributed by atoms with Crippen LogP contribution in [0.5, 0.6) is 0 Å². The predicted octanol–water partition coefficient (Wildman–Crippen LogP) is -0.0237. The number of amides is 1. The van der Waals surface area contributed by atoms with E-state index in [1.807, 2.05) is 0 Å². The van der Waals surface area contributed by atoms with Crippen LogP contribution in [0.4, 0.5) is 0 Å². The van der Waals surface area contributed by atoms with Crippen LogP contribution in [0.15, 0.2) is 4.99 Å². The van der Waals surface area contributed by atoms with Crippen molar-refractivity contribution in [3.8, 4) is 0 Å². The molecule has 5 heteroatoms. The van der Waals surface area contributed by atoms with E-state index in [-0.39, 0.29) is 12.5 Å². The zero-order valence-corrected chi connectivity index (χ0v) is 7.94. The van der Waals surface area contributed by atoms with Gasteiger partial charge in [-0.05, 0) is 13.3 Å². The molecule has 12 heavy (non-hydrogen) atoms. The van der Waals surface area contributed by atoms with Crippen molar-refractivity contribution in [1.82, 2.24) is 5.32 Å². The number of hydrogen-bond acceptors (Lipinski definition) is 4. The molecule has 0 aliphatic carbocycles. The SMILES string of the molecule is CN=C1NC(=O)C(C)(CCO)S1. The summed E-state index contributed by atoms with van der Waals surface area (Å²) in [7, 11) is 1.63. The maximum Gasteiger partial charge on any atom is 0.242 e. The summed E-state index contributed by atoms with van der Waals surface area (Å²) in [6, 6.07) is 0. The number of aliphatic hydroxyl groups is 1. The van der Waals surface area contributed by atoms with Crippen LogP contribution in [0, 0.1) is 0 Å². The lowest BCUT2D eigenvalue weighted by Gasteiger charge is -2.15. The van der Waals surface area contributed by atoms with Crippen molar-refractivity contribution in [1.29, 1.82) is 0 Å². The van der Waals surface area contributed by atoms with Crippen molar-refractivity contribution < 1.29 is 9.90 Å². The number of carbonyl (C=O) groups excluding carboxylic acids is 1. The average molecular weight is 188 g/mol. The zero-order valence-electron chi connectivity index (χ0n) is 7.13. The van der Waals surface area contributed by atoms with Gasteiger partial charge >= 0.3 is 0 Å². The first kappa shape index (κ1) is 9.54. The highest BCUT2D eigenvalue weighted by atomic mass is 32.2. The molecule has 1 atom stereocenters. The summed E-state index contributed by atoms with van der Waals surface area (Å²) in [5.41, 5.74) is 0. The molecule has 0 spiro atoms. The Bertz CT molecular complexity index is 229. The summed E-state index contributed by atoms with van der Waals surface area (Å²) in [6.45, 7) is 1.83. The summed E-state index contributed by atoms with van der Waals surface area (Å²) >= 11 is 1.37. The van der Waals surface area contributed by atoms with Crippen LogP contribution >= 0.6 is 11.8 Å². The first-order chi connectivity index (χ1) is 5.62. The summed E-state index contributed by atoms with van der Waals surface area (Å²) in [5.74, 6) is -0.0675. The molecular weight excluding hydrogens is 176 g/mol. The second kappa shape index (κ2) is 3.45. The Morgan fingerprint density at radius 1 is 1.75 bits per heavy atom. The van der Waals surface area contributed by atoms with Crippen LogP contribution in [-0.4, -0.2) is 34.6 Å². The van der Waals surface area contributed by atoms with E-state index in [9.17, 15) is 4.79 Å². The van der Waals surface area contributed by atoms with Crippen molar-refractivity contribution >= 4 is 22.8 Å². The molecule has 1 amide bonds. The molecule has 0 radical (unpaired) electrons. The quantitative estimate of drug-likeness (QED) is 0.640. The Balaban J connectivity index is 2.74. The smallest absolute Gasteiger partial charge is 0.242 e. The third-order valence-electron chi connectivity index (χ3n) is 1.81. The number of nitrogens with one attached hydrogen (secondary N) is 1. The Labute approximate surface area is 75.4 Å². The zero-order chi connectivity index (χ0) is 9.19. The van der Waals surface area contributed by atoms with Gasteiger partial charge in [0.1, 0.15) is 4.75 Å². The van der Waals surface area contributed by atoms with Crippen molar-refractivity contribution in [2.24, 2.45) is 4.99 Å². The highest BCUT2D eigenvalue weighted by Crippen LogP contribution is 2.34. The van der Waals surface area contributed by atoms with Crippen molar-refractivity contribution in [3.05, 3.63) is 0 Å². The molecule has 0 saturated carbocycles. The lowest BCUT2D eigenvalue weighted by atomic mass is 10.1. The number of hydrogen-bond donors (Lipinski definition) is 2. The van der Waals surface area contributed by atoms with Crippen molar-refractivity contribution in [2.75, 3.05) is 13.7 Å². The summed E-state index contributed by atoms with van der Waals surface area (Å²) < 4.78 is -0.538. The van der Waals surface area contributed by atoms with E-state index in [1.165, 1.54) is 11.8 Å².